The van der Waals surface area contributed by atoms with Crippen molar-refractivity contribution in [3.63, 3.8) is 0 Å². The molecule has 4 aromatic rings. The molecule has 32 heavy (non-hydrogen) atoms. The van der Waals surface area contributed by atoms with Crippen molar-refractivity contribution in [3.05, 3.63) is 84.2 Å². The van der Waals surface area contributed by atoms with E-state index < -0.39 is 27.5 Å². The minimum absolute atomic E-state index is 0.203. The summed E-state index contributed by atoms with van der Waals surface area (Å²) in [6, 6.07) is 14.6. The van der Waals surface area contributed by atoms with Gasteiger partial charge in [0, 0.05) is 18.0 Å². The number of alkyl halides is 3. The Hall–Kier alpha value is -3.53. The molecule has 1 N–H and O–H groups in total. The van der Waals surface area contributed by atoms with Crippen LogP contribution in [0.25, 0.3) is 16.9 Å². The van der Waals surface area contributed by atoms with Crippen molar-refractivity contribution in [1.29, 1.82) is 0 Å². The Morgan fingerprint density at radius 1 is 1.06 bits per heavy atom. The average Bonchev–Trinajstić information content (AvgIpc) is 3.17. The second-order valence-electron chi connectivity index (χ2n) is 7.06. The number of imidazole rings is 1. The normalized spacial score (nSPS) is 12.1. The third-order valence-electron chi connectivity index (χ3n) is 4.76. The number of anilines is 1. The van der Waals surface area contributed by atoms with Gasteiger partial charge in [0.1, 0.15) is 11.4 Å². The van der Waals surface area contributed by atoms with E-state index >= 15 is 0 Å². The van der Waals surface area contributed by atoms with Crippen molar-refractivity contribution in [2.45, 2.75) is 11.9 Å². The molecule has 0 aliphatic heterocycles. The Labute approximate surface area is 182 Å². The lowest BCUT2D eigenvalue weighted by Gasteiger charge is -2.13. The number of benzene rings is 2. The minimum atomic E-state index is -4.48. The van der Waals surface area contributed by atoms with Crippen LogP contribution in [-0.2, 0) is 22.0 Å². The van der Waals surface area contributed by atoms with E-state index in [-0.39, 0.29) is 11.3 Å². The average molecular weight is 461 g/mol. The number of ether oxygens (including phenoxy) is 1. The summed E-state index contributed by atoms with van der Waals surface area (Å²) in [5, 5.41) is 0. The van der Waals surface area contributed by atoms with Gasteiger partial charge < -0.3 is 9.14 Å². The first-order valence-corrected chi connectivity index (χ1v) is 11.1. The van der Waals surface area contributed by atoms with Crippen LogP contribution in [0.3, 0.4) is 0 Å². The molecule has 0 saturated carbocycles. The van der Waals surface area contributed by atoms with Crippen molar-refractivity contribution in [2.24, 2.45) is 0 Å². The van der Waals surface area contributed by atoms with E-state index in [1.54, 1.807) is 18.2 Å². The molecule has 2 aromatic heterocycles. The van der Waals surface area contributed by atoms with Crippen LogP contribution in [0.2, 0.25) is 0 Å². The SMILES string of the molecule is COc1ccc(-c2cn3ccccc3n2)cc1NS(=O)(=O)Cc1ccc(C(F)(F)F)cc1. The molecule has 2 aromatic carbocycles. The number of hydrogen-bond donors (Lipinski definition) is 1. The second-order valence-corrected chi connectivity index (χ2v) is 8.79. The number of nitrogens with one attached hydrogen (secondary N) is 1. The van der Waals surface area contributed by atoms with Crippen molar-refractivity contribution in [3.8, 4) is 17.0 Å². The van der Waals surface area contributed by atoms with Gasteiger partial charge in [-0.05, 0) is 48.0 Å². The van der Waals surface area contributed by atoms with Gasteiger partial charge in [-0.2, -0.15) is 13.2 Å². The van der Waals surface area contributed by atoms with E-state index in [9.17, 15) is 21.6 Å². The highest BCUT2D eigenvalue weighted by Gasteiger charge is 2.30. The van der Waals surface area contributed by atoms with Gasteiger partial charge in [0.2, 0.25) is 10.0 Å². The smallest absolute Gasteiger partial charge is 0.416 e. The van der Waals surface area contributed by atoms with Gasteiger partial charge in [-0.25, -0.2) is 13.4 Å². The highest BCUT2D eigenvalue weighted by Crippen LogP contribution is 2.32. The third-order valence-corrected chi connectivity index (χ3v) is 6.01. The van der Waals surface area contributed by atoms with Crippen molar-refractivity contribution < 1.29 is 26.3 Å². The lowest BCUT2D eigenvalue weighted by atomic mass is 10.1. The van der Waals surface area contributed by atoms with E-state index in [4.69, 9.17) is 4.74 Å². The van der Waals surface area contributed by atoms with Gasteiger partial charge in [-0.3, -0.25) is 4.72 Å². The number of aromatic nitrogens is 2. The Bertz CT molecular complexity index is 1330. The van der Waals surface area contributed by atoms with E-state index in [0.29, 0.717) is 17.0 Å². The maximum Gasteiger partial charge on any atom is 0.416 e. The molecule has 0 saturated heterocycles. The summed E-state index contributed by atoms with van der Waals surface area (Å²) in [5.74, 6) is -0.194. The van der Waals surface area contributed by atoms with E-state index in [2.05, 4.69) is 9.71 Å². The lowest BCUT2D eigenvalue weighted by Crippen LogP contribution is -2.16. The monoisotopic (exact) mass is 461 g/mol. The van der Waals surface area contributed by atoms with Crippen LogP contribution in [0, 0.1) is 0 Å². The molecule has 0 aliphatic carbocycles. The number of fused-ring (bicyclic) bond motifs is 1. The Morgan fingerprint density at radius 3 is 2.47 bits per heavy atom. The van der Waals surface area contributed by atoms with Gasteiger partial charge >= 0.3 is 6.18 Å². The molecule has 0 spiro atoms. The molecule has 4 rings (SSSR count). The van der Waals surface area contributed by atoms with Crippen molar-refractivity contribution in [2.75, 3.05) is 11.8 Å². The Balaban J connectivity index is 1.60. The largest absolute Gasteiger partial charge is 0.495 e. The van der Waals surface area contributed by atoms with Crippen LogP contribution in [0.15, 0.2) is 73.1 Å². The predicted octanol–water partition coefficient (Wildman–Crippen LogP) is 4.97. The molecule has 0 radical (unpaired) electrons. The van der Waals surface area contributed by atoms with E-state index in [1.165, 1.54) is 7.11 Å². The standard InChI is InChI=1S/C22H18F3N3O3S/c1-31-20-10-7-16(19-13-28-11-3-2-4-21(28)26-19)12-18(20)27-32(29,30)14-15-5-8-17(9-6-15)22(23,24)25/h2-13,27H,14H2,1H3. The van der Waals surface area contributed by atoms with Crippen molar-refractivity contribution >= 4 is 21.4 Å². The van der Waals surface area contributed by atoms with E-state index in [1.807, 2.05) is 35.0 Å². The number of methoxy groups -OCH3 is 1. The quantitative estimate of drug-likeness (QED) is 0.440. The summed E-state index contributed by atoms with van der Waals surface area (Å²) in [6.07, 6.45) is -0.817. The number of rotatable bonds is 6. The molecule has 0 atom stereocenters. The van der Waals surface area contributed by atoms with Crippen LogP contribution >= 0.6 is 0 Å². The fourth-order valence-corrected chi connectivity index (χ4v) is 4.43. The van der Waals surface area contributed by atoms with Gasteiger partial charge in [0.05, 0.1) is 29.8 Å². The van der Waals surface area contributed by atoms with Crippen LogP contribution in [-0.4, -0.2) is 24.9 Å². The zero-order chi connectivity index (χ0) is 22.9. The zero-order valence-electron chi connectivity index (χ0n) is 16.8. The third kappa shape index (κ3) is 4.70. The van der Waals surface area contributed by atoms with Crippen molar-refractivity contribution in [1.82, 2.24) is 9.38 Å². The molecule has 2 heterocycles. The maximum atomic E-state index is 12.7. The van der Waals surface area contributed by atoms with Gasteiger partial charge in [-0.1, -0.05) is 18.2 Å². The van der Waals surface area contributed by atoms with E-state index in [0.717, 1.165) is 29.9 Å². The lowest BCUT2D eigenvalue weighted by molar-refractivity contribution is -0.137. The first-order chi connectivity index (χ1) is 15.1. The number of pyridine rings is 1. The molecule has 0 fully saturated rings. The Morgan fingerprint density at radius 2 is 1.81 bits per heavy atom. The second kappa shape index (κ2) is 8.19. The molecule has 0 amide bonds. The summed E-state index contributed by atoms with van der Waals surface area (Å²) in [7, 11) is -2.52. The molecule has 166 valence electrons. The Kier molecular flexibility index (Phi) is 5.55. The summed E-state index contributed by atoms with van der Waals surface area (Å²) < 4.78 is 73.1. The predicted molar refractivity (Wildman–Crippen MR) is 115 cm³/mol. The van der Waals surface area contributed by atoms with Crippen LogP contribution in [0.4, 0.5) is 18.9 Å². The fraction of sp³-hybridized carbons (Fsp3) is 0.136. The highest BCUT2D eigenvalue weighted by molar-refractivity contribution is 7.91. The highest BCUT2D eigenvalue weighted by atomic mass is 32.2. The number of hydrogen-bond acceptors (Lipinski definition) is 4. The molecule has 0 unspecified atom stereocenters. The summed E-state index contributed by atoms with van der Waals surface area (Å²) in [4.78, 5) is 4.52. The first kappa shape index (κ1) is 21.7. The number of halogens is 3. The first-order valence-electron chi connectivity index (χ1n) is 9.43. The van der Waals surface area contributed by atoms with Gasteiger partial charge in [-0.15, -0.1) is 0 Å². The van der Waals surface area contributed by atoms with Crippen LogP contribution < -0.4 is 9.46 Å². The molecular weight excluding hydrogens is 443 g/mol. The summed E-state index contributed by atoms with van der Waals surface area (Å²) in [5.41, 5.74) is 1.63. The molecule has 0 aliphatic rings. The molecule has 6 nitrogen and oxygen atoms in total. The van der Waals surface area contributed by atoms with Crippen LogP contribution in [0.1, 0.15) is 11.1 Å². The minimum Gasteiger partial charge on any atom is -0.495 e. The number of sulfonamides is 1. The number of nitrogens with zero attached hydrogens (tertiary/aromatic N) is 2. The fourth-order valence-electron chi connectivity index (χ4n) is 3.23. The summed E-state index contributed by atoms with van der Waals surface area (Å²) in [6.45, 7) is 0. The molecule has 10 heteroatoms. The van der Waals surface area contributed by atoms with Gasteiger partial charge in [0.25, 0.3) is 0 Å². The zero-order valence-corrected chi connectivity index (χ0v) is 17.6. The summed E-state index contributed by atoms with van der Waals surface area (Å²) >= 11 is 0. The molecule has 0 bridgehead atoms. The van der Waals surface area contributed by atoms with Gasteiger partial charge in [0.15, 0.2) is 0 Å². The van der Waals surface area contributed by atoms with Crippen LogP contribution in [0.5, 0.6) is 5.75 Å². The topological polar surface area (TPSA) is 72.7 Å². The molecular formula is C22H18F3N3O3S. The maximum absolute atomic E-state index is 12.7.